The summed E-state index contributed by atoms with van der Waals surface area (Å²) in [5, 5.41) is 7.62. The first-order valence-electron chi connectivity index (χ1n) is 8.22. The first-order valence-corrected chi connectivity index (χ1v) is 8.22. The van der Waals surface area contributed by atoms with Crippen LogP contribution in [0.5, 0.6) is 0 Å². The number of rotatable bonds is 5. The first-order chi connectivity index (χ1) is 12.1. The van der Waals surface area contributed by atoms with Crippen molar-refractivity contribution in [1.82, 2.24) is 5.32 Å². The Kier molecular flexibility index (Phi) is 5.09. The summed E-state index contributed by atoms with van der Waals surface area (Å²) in [5.41, 5.74) is 2.75. The van der Waals surface area contributed by atoms with Crippen LogP contribution in [0.1, 0.15) is 11.1 Å². The zero-order valence-electron chi connectivity index (χ0n) is 14.1. The van der Waals surface area contributed by atoms with Gasteiger partial charge >= 0.3 is 0 Å². The molecule has 0 aliphatic heterocycles. The molecule has 0 fully saturated rings. The fourth-order valence-corrected chi connectivity index (χ4v) is 2.79. The maximum Gasteiger partial charge on any atom is 0.243 e. The van der Waals surface area contributed by atoms with Crippen molar-refractivity contribution in [3.63, 3.8) is 0 Å². The summed E-state index contributed by atoms with van der Waals surface area (Å²) in [5.74, 6) is -0.410. The van der Waals surface area contributed by atoms with Crippen LogP contribution in [0.4, 0.5) is 5.69 Å². The summed E-state index contributed by atoms with van der Waals surface area (Å²) in [6, 6.07) is 21.4. The lowest BCUT2D eigenvalue weighted by atomic mass is 10.0. The van der Waals surface area contributed by atoms with Crippen molar-refractivity contribution in [2.24, 2.45) is 0 Å². The molecule has 0 saturated carbocycles. The van der Waals surface area contributed by atoms with Gasteiger partial charge in [-0.15, -0.1) is 0 Å². The molecule has 0 bridgehead atoms. The predicted octanol–water partition coefficient (Wildman–Crippen LogP) is 3.45. The topological polar surface area (TPSA) is 58.2 Å². The molecule has 3 aromatic carbocycles. The zero-order valence-corrected chi connectivity index (χ0v) is 14.1. The quantitative estimate of drug-likeness (QED) is 0.752. The van der Waals surface area contributed by atoms with Crippen LogP contribution >= 0.6 is 0 Å². The minimum Gasteiger partial charge on any atom is -0.347 e. The highest BCUT2D eigenvalue weighted by molar-refractivity contribution is 5.95. The monoisotopic (exact) mass is 332 g/mol. The van der Waals surface area contributed by atoms with E-state index in [0.29, 0.717) is 0 Å². The Balaban J connectivity index is 1.56. The molecule has 25 heavy (non-hydrogen) atoms. The molecule has 0 aliphatic rings. The molecule has 0 aromatic heterocycles. The fourth-order valence-electron chi connectivity index (χ4n) is 2.79. The molecule has 0 atom stereocenters. The molecule has 4 nitrogen and oxygen atoms in total. The van der Waals surface area contributed by atoms with Gasteiger partial charge in [0.15, 0.2) is 0 Å². The third-order valence-corrected chi connectivity index (χ3v) is 3.98. The molecule has 3 aromatic rings. The van der Waals surface area contributed by atoms with Crippen molar-refractivity contribution in [3.05, 3.63) is 77.9 Å². The van der Waals surface area contributed by atoms with Gasteiger partial charge in [0.1, 0.15) is 0 Å². The highest BCUT2D eigenvalue weighted by Gasteiger charge is 2.09. The third-order valence-electron chi connectivity index (χ3n) is 3.98. The van der Waals surface area contributed by atoms with E-state index < -0.39 is 0 Å². The van der Waals surface area contributed by atoms with E-state index in [0.717, 1.165) is 27.6 Å². The maximum absolute atomic E-state index is 12.2. The van der Waals surface area contributed by atoms with Crippen LogP contribution in [-0.4, -0.2) is 18.4 Å². The lowest BCUT2D eigenvalue weighted by Gasteiger charge is -2.09. The molecular formula is C21H20N2O2. The number of aryl methyl sites for hydroxylation is 1. The molecule has 2 N–H and O–H groups in total. The minimum atomic E-state index is -0.239. The van der Waals surface area contributed by atoms with Gasteiger partial charge in [0.05, 0.1) is 13.0 Å². The van der Waals surface area contributed by atoms with Crippen molar-refractivity contribution in [2.45, 2.75) is 13.3 Å². The van der Waals surface area contributed by atoms with Crippen molar-refractivity contribution >= 4 is 28.3 Å². The molecule has 126 valence electrons. The standard InChI is InChI=1S/C21H20N2O2/c1-15-6-4-10-18(12-15)23-21(25)14-22-20(24)13-17-9-5-8-16-7-2-3-11-19(16)17/h2-12H,13-14H2,1H3,(H,22,24)(H,23,25). The Labute approximate surface area is 146 Å². The van der Waals surface area contributed by atoms with Gasteiger partial charge in [-0.1, -0.05) is 54.6 Å². The van der Waals surface area contributed by atoms with Crippen LogP contribution in [0, 0.1) is 6.92 Å². The van der Waals surface area contributed by atoms with E-state index in [1.807, 2.05) is 73.7 Å². The van der Waals surface area contributed by atoms with Gasteiger partial charge in [-0.2, -0.15) is 0 Å². The van der Waals surface area contributed by atoms with Crippen molar-refractivity contribution < 1.29 is 9.59 Å². The van der Waals surface area contributed by atoms with E-state index in [4.69, 9.17) is 0 Å². The number of carbonyl (C=O) groups is 2. The SMILES string of the molecule is Cc1cccc(NC(=O)CNC(=O)Cc2cccc3ccccc23)c1. The van der Waals surface area contributed by atoms with E-state index in [2.05, 4.69) is 10.6 Å². The highest BCUT2D eigenvalue weighted by atomic mass is 16.2. The molecular weight excluding hydrogens is 312 g/mol. The van der Waals surface area contributed by atoms with Crippen LogP contribution < -0.4 is 10.6 Å². The molecule has 4 heteroatoms. The Morgan fingerprint density at radius 3 is 2.48 bits per heavy atom. The summed E-state index contributed by atoms with van der Waals surface area (Å²) in [7, 11) is 0. The number of hydrogen-bond acceptors (Lipinski definition) is 2. The number of hydrogen-bond donors (Lipinski definition) is 2. The number of carbonyl (C=O) groups excluding carboxylic acids is 2. The Hall–Kier alpha value is -3.14. The first kappa shape index (κ1) is 16.7. The van der Waals surface area contributed by atoms with Crippen LogP contribution in [0.3, 0.4) is 0 Å². The molecule has 2 amide bonds. The number of fused-ring (bicyclic) bond motifs is 1. The maximum atomic E-state index is 12.2. The normalized spacial score (nSPS) is 10.4. The van der Waals surface area contributed by atoms with Gasteiger partial charge in [0.25, 0.3) is 0 Å². The lowest BCUT2D eigenvalue weighted by molar-refractivity contribution is -0.123. The molecule has 3 rings (SSSR count). The van der Waals surface area contributed by atoms with Crippen molar-refractivity contribution in [3.8, 4) is 0 Å². The van der Waals surface area contributed by atoms with Gasteiger partial charge in [-0.3, -0.25) is 9.59 Å². The number of amides is 2. The van der Waals surface area contributed by atoms with Gasteiger partial charge in [-0.25, -0.2) is 0 Å². The highest BCUT2D eigenvalue weighted by Crippen LogP contribution is 2.18. The summed E-state index contributed by atoms with van der Waals surface area (Å²) >= 11 is 0. The van der Waals surface area contributed by atoms with Gasteiger partial charge < -0.3 is 10.6 Å². The van der Waals surface area contributed by atoms with Crippen LogP contribution in [-0.2, 0) is 16.0 Å². The van der Waals surface area contributed by atoms with E-state index >= 15 is 0 Å². The number of anilines is 1. The molecule has 0 unspecified atom stereocenters. The summed E-state index contributed by atoms with van der Waals surface area (Å²) in [4.78, 5) is 24.1. The summed E-state index contributed by atoms with van der Waals surface area (Å²) in [6.45, 7) is 1.92. The summed E-state index contributed by atoms with van der Waals surface area (Å²) in [6.07, 6.45) is 0.249. The van der Waals surface area contributed by atoms with Gasteiger partial charge in [-0.05, 0) is 41.0 Å². The second-order valence-corrected chi connectivity index (χ2v) is 6.01. The number of benzene rings is 3. The Bertz CT molecular complexity index is 913. The van der Waals surface area contributed by atoms with E-state index in [1.54, 1.807) is 0 Å². The largest absolute Gasteiger partial charge is 0.347 e. The summed E-state index contributed by atoms with van der Waals surface area (Å²) < 4.78 is 0. The smallest absolute Gasteiger partial charge is 0.243 e. The molecule has 0 aliphatic carbocycles. The Morgan fingerprint density at radius 1 is 0.880 bits per heavy atom. The molecule has 0 saturated heterocycles. The van der Waals surface area contributed by atoms with Crippen LogP contribution in [0.2, 0.25) is 0 Å². The van der Waals surface area contributed by atoms with E-state index in [9.17, 15) is 9.59 Å². The average molecular weight is 332 g/mol. The third kappa shape index (κ3) is 4.44. The fraction of sp³-hybridized carbons (Fsp3) is 0.143. The van der Waals surface area contributed by atoms with Crippen LogP contribution in [0.25, 0.3) is 10.8 Å². The number of nitrogens with one attached hydrogen (secondary N) is 2. The molecule has 0 spiro atoms. The van der Waals surface area contributed by atoms with E-state index in [-0.39, 0.29) is 24.8 Å². The zero-order chi connectivity index (χ0) is 17.6. The van der Waals surface area contributed by atoms with E-state index in [1.165, 1.54) is 0 Å². The average Bonchev–Trinajstić information content (AvgIpc) is 2.60. The molecule has 0 radical (unpaired) electrons. The predicted molar refractivity (Wildman–Crippen MR) is 100 cm³/mol. The van der Waals surface area contributed by atoms with Crippen LogP contribution in [0.15, 0.2) is 66.7 Å². The minimum absolute atomic E-state index is 0.0441. The second-order valence-electron chi connectivity index (χ2n) is 6.01. The van der Waals surface area contributed by atoms with Crippen molar-refractivity contribution in [1.29, 1.82) is 0 Å². The van der Waals surface area contributed by atoms with Gasteiger partial charge in [0.2, 0.25) is 11.8 Å². The van der Waals surface area contributed by atoms with Gasteiger partial charge in [0, 0.05) is 5.69 Å². The molecule has 0 heterocycles. The lowest BCUT2D eigenvalue weighted by Crippen LogP contribution is -2.33. The second kappa shape index (κ2) is 7.62. The Morgan fingerprint density at radius 2 is 1.64 bits per heavy atom. The van der Waals surface area contributed by atoms with Crippen molar-refractivity contribution in [2.75, 3.05) is 11.9 Å².